The lowest BCUT2D eigenvalue weighted by Gasteiger charge is -2.09. The average Bonchev–Trinajstić information content (AvgIpc) is 2.80. The summed E-state index contributed by atoms with van der Waals surface area (Å²) in [4.78, 5) is 4.52. The Balaban J connectivity index is 2.19. The van der Waals surface area contributed by atoms with Crippen molar-refractivity contribution in [3.63, 3.8) is 0 Å². The third-order valence-electron chi connectivity index (χ3n) is 3.52. The molecular weight excluding hydrogens is 284 g/mol. The molecule has 3 aromatic rings. The first-order valence-corrected chi connectivity index (χ1v) is 6.98. The number of aromatic nitrogens is 3. The molecule has 0 aliphatic heterocycles. The summed E-state index contributed by atoms with van der Waals surface area (Å²) in [5.41, 5.74) is 4.56. The summed E-state index contributed by atoms with van der Waals surface area (Å²) >= 11 is 6.49. The highest BCUT2D eigenvalue weighted by Gasteiger charge is 2.17. The SMILES string of the molecule is Cc1nc2c(C#N)c(C)nn2c(Cl)c1Cc1ccccc1. The molecule has 21 heavy (non-hydrogen) atoms. The van der Waals surface area contributed by atoms with Crippen molar-refractivity contribution in [3.05, 3.63) is 63.6 Å². The number of hydrogen-bond donors (Lipinski definition) is 0. The van der Waals surface area contributed by atoms with Gasteiger partial charge >= 0.3 is 0 Å². The van der Waals surface area contributed by atoms with E-state index in [0.717, 1.165) is 16.8 Å². The molecule has 5 heteroatoms. The molecule has 0 spiro atoms. The minimum absolute atomic E-state index is 0.478. The van der Waals surface area contributed by atoms with Crippen LogP contribution in [0.25, 0.3) is 5.65 Å². The van der Waals surface area contributed by atoms with Crippen LogP contribution in [0.2, 0.25) is 5.15 Å². The number of rotatable bonds is 2. The van der Waals surface area contributed by atoms with Crippen LogP contribution in [0.15, 0.2) is 30.3 Å². The third-order valence-corrected chi connectivity index (χ3v) is 3.91. The number of nitrogens with zero attached hydrogens (tertiary/aromatic N) is 4. The Bertz CT molecular complexity index is 860. The summed E-state index contributed by atoms with van der Waals surface area (Å²) < 4.78 is 1.56. The van der Waals surface area contributed by atoms with E-state index in [4.69, 9.17) is 11.6 Å². The van der Waals surface area contributed by atoms with E-state index in [0.29, 0.717) is 28.5 Å². The van der Waals surface area contributed by atoms with Crippen molar-refractivity contribution in [1.82, 2.24) is 14.6 Å². The lowest BCUT2D eigenvalue weighted by Crippen LogP contribution is -2.03. The van der Waals surface area contributed by atoms with Gasteiger partial charge in [0.15, 0.2) is 5.65 Å². The Morgan fingerprint density at radius 3 is 2.57 bits per heavy atom. The molecule has 104 valence electrons. The number of nitriles is 1. The smallest absolute Gasteiger partial charge is 0.175 e. The van der Waals surface area contributed by atoms with Crippen molar-refractivity contribution in [2.24, 2.45) is 0 Å². The number of halogens is 1. The first-order valence-electron chi connectivity index (χ1n) is 6.60. The highest BCUT2D eigenvalue weighted by Crippen LogP contribution is 2.25. The van der Waals surface area contributed by atoms with Gasteiger partial charge in [0.05, 0.1) is 5.69 Å². The topological polar surface area (TPSA) is 54.0 Å². The van der Waals surface area contributed by atoms with Crippen LogP contribution in [0.5, 0.6) is 0 Å². The molecule has 2 aromatic heterocycles. The largest absolute Gasteiger partial charge is 0.232 e. The van der Waals surface area contributed by atoms with Crippen molar-refractivity contribution in [3.8, 4) is 6.07 Å². The zero-order valence-electron chi connectivity index (χ0n) is 11.8. The molecule has 0 saturated carbocycles. The van der Waals surface area contributed by atoms with E-state index >= 15 is 0 Å². The van der Waals surface area contributed by atoms with Gasteiger partial charge in [-0.2, -0.15) is 10.4 Å². The van der Waals surface area contributed by atoms with Gasteiger partial charge in [0.1, 0.15) is 16.8 Å². The Morgan fingerprint density at radius 2 is 1.90 bits per heavy atom. The molecule has 3 rings (SSSR count). The molecule has 0 fully saturated rings. The standard InChI is InChI=1S/C16H13ClN4/c1-10-13(8-12-6-4-3-5-7-12)15(17)21-16(19-10)14(9-18)11(2)20-21/h3-7H,8H2,1-2H3. The van der Waals surface area contributed by atoms with E-state index < -0.39 is 0 Å². The van der Waals surface area contributed by atoms with Crippen LogP contribution in [0, 0.1) is 25.2 Å². The molecule has 0 unspecified atom stereocenters. The van der Waals surface area contributed by atoms with Crippen LogP contribution >= 0.6 is 11.6 Å². The number of benzene rings is 1. The molecule has 0 N–H and O–H groups in total. The lowest BCUT2D eigenvalue weighted by atomic mass is 10.1. The Labute approximate surface area is 127 Å². The molecule has 0 radical (unpaired) electrons. The first kappa shape index (κ1) is 13.6. The van der Waals surface area contributed by atoms with E-state index in [9.17, 15) is 5.26 Å². The molecule has 2 heterocycles. The van der Waals surface area contributed by atoms with Crippen LogP contribution in [0.3, 0.4) is 0 Å². The summed E-state index contributed by atoms with van der Waals surface area (Å²) in [6, 6.07) is 12.2. The molecule has 0 bridgehead atoms. The van der Waals surface area contributed by atoms with E-state index in [1.807, 2.05) is 25.1 Å². The first-order chi connectivity index (χ1) is 10.1. The fourth-order valence-electron chi connectivity index (χ4n) is 2.39. The normalized spacial score (nSPS) is 10.8. The highest BCUT2D eigenvalue weighted by atomic mass is 35.5. The molecule has 0 atom stereocenters. The minimum atomic E-state index is 0.478. The second kappa shape index (κ2) is 5.19. The van der Waals surface area contributed by atoms with Gasteiger partial charge in [-0.1, -0.05) is 41.9 Å². The van der Waals surface area contributed by atoms with Gasteiger partial charge in [-0.25, -0.2) is 9.50 Å². The predicted octanol–water partition coefficient (Wildman–Crippen LogP) is 3.46. The van der Waals surface area contributed by atoms with E-state index in [1.165, 1.54) is 0 Å². The summed E-state index contributed by atoms with van der Waals surface area (Å²) in [7, 11) is 0. The van der Waals surface area contributed by atoms with Crippen molar-refractivity contribution < 1.29 is 0 Å². The maximum atomic E-state index is 9.21. The molecule has 0 amide bonds. The van der Waals surface area contributed by atoms with Crippen molar-refractivity contribution in [1.29, 1.82) is 5.26 Å². The number of hydrogen-bond acceptors (Lipinski definition) is 3. The van der Waals surface area contributed by atoms with Gasteiger partial charge in [0.2, 0.25) is 0 Å². The van der Waals surface area contributed by atoms with Gasteiger partial charge < -0.3 is 0 Å². The summed E-state index contributed by atoms with van der Waals surface area (Å²) in [6.45, 7) is 3.70. The minimum Gasteiger partial charge on any atom is -0.232 e. The fraction of sp³-hybridized carbons (Fsp3) is 0.188. The summed E-state index contributed by atoms with van der Waals surface area (Å²) in [6.07, 6.45) is 0.690. The maximum absolute atomic E-state index is 9.21. The Morgan fingerprint density at radius 1 is 1.19 bits per heavy atom. The quantitative estimate of drug-likeness (QED) is 0.681. The molecule has 0 aliphatic rings. The van der Waals surface area contributed by atoms with Gasteiger partial charge in [0, 0.05) is 17.7 Å². The highest BCUT2D eigenvalue weighted by molar-refractivity contribution is 6.30. The van der Waals surface area contributed by atoms with Crippen LogP contribution < -0.4 is 0 Å². The average molecular weight is 297 g/mol. The van der Waals surface area contributed by atoms with E-state index in [2.05, 4.69) is 28.3 Å². The zero-order valence-corrected chi connectivity index (χ0v) is 12.5. The zero-order chi connectivity index (χ0) is 15.0. The van der Waals surface area contributed by atoms with Crippen LogP contribution in [-0.4, -0.2) is 14.6 Å². The number of aryl methyl sites for hydroxylation is 2. The summed E-state index contributed by atoms with van der Waals surface area (Å²) in [5.74, 6) is 0. The molecule has 4 nitrogen and oxygen atoms in total. The monoisotopic (exact) mass is 296 g/mol. The van der Waals surface area contributed by atoms with Gasteiger partial charge in [-0.05, 0) is 19.4 Å². The second-order valence-corrected chi connectivity index (χ2v) is 5.29. The second-order valence-electron chi connectivity index (χ2n) is 4.94. The van der Waals surface area contributed by atoms with E-state index in [-0.39, 0.29) is 0 Å². The third kappa shape index (κ3) is 2.26. The maximum Gasteiger partial charge on any atom is 0.175 e. The van der Waals surface area contributed by atoms with Crippen molar-refractivity contribution in [2.45, 2.75) is 20.3 Å². The lowest BCUT2D eigenvalue weighted by molar-refractivity contribution is 0.887. The van der Waals surface area contributed by atoms with Gasteiger partial charge in [-0.3, -0.25) is 0 Å². The van der Waals surface area contributed by atoms with Crippen LogP contribution in [-0.2, 0) is 6.42 Å². The van der Waals surface area contributed by atoms with Crippen LogP contribution in [0.4, 0.5) is 0 Å². The summed E-state index contributed by atoms with van der Waals surface area (Å²) in [5, 5.41) is 14.1. The van der Waals surface area contributed by atoms with Crippen molar-refractivity contribution in [2.75, 3.05) is 0 Å². The van der Waals surface area contributed by atoms with Crippen molar-refractivity contribution >= 4 is 17.2 Å². The predicted molar refractivity (Wildman–Crippen MR) is 81.4 cm³/mol. The molecule has 0 saturated heterocycles. The van der Waals surface area contributed by atoms with Gasteiger partial charge in [0.25, 0.3) is 0 Å². The fourth-order valence-corrected chi connectivity index (χ4v) is 2.71. The molecular formula is C16H13ClN4. The molecule has 1 aromatic carbocycles. The number of fused-ring (bicyclic) bond motifs is 1. The van der Waals surface area contributed by atoms with Gasteiger partial charge in [-0.15, -0.1) is 0 Å². The van der Waals surface area contributed by atoms with Crippen LogP contribution in [0.1, 0.15) is 28.1 Å². The Kier molecular flexibility index (Phi) is 3.36. The molecule has 0 aliphatic carbocycles. The van der Waals surface area contributed by atoms with E-state index in [1.54, 1.807) is 11.4 Å². The Hall–Kier alpha value is -2.38.